The minimum atomic E-state index is 0.570. The van der Waals surface area contributed by atoms with Crippen LogP contribution in [-0.4, -0.2) is 11.5 Å². The molecule has 1 heterocycles. The van der Waals surface area contributed by atoms with Gasteiger partial charge in [0.25, 0.3) is 0 Å². The van der Waals surface area contributed by atoms with Gasteiger partial charge in [0.2, 0.25) is 0 Å². The van der Waals surface area contributed by atoms with Gasteiger partial charge in [0.15, 0.2) is 0 Å². The van der Waals surface area contributed by atoms with Crippen molar-refractivity contribution in [3.63, 3.8) is 0 Å². The van der Waals surface area contributed by atoms with Crippen molar-refractivity contribution in [2.24, 2.45) is 0 Å². The Labute approximate surface area is 135 Å². The average molecular weight is 296 g/mol. The second-order valence-corrected chi connectivity index (χ2v) is 6.25. The van der Waals surface area contributed by atoms with Gasteiger partial charge in [-0.2, -0.15) is 0 Å². The lowest BCUT2D eigenvalue weighted by Gasteiger charge is -2.10. The fraction of sp³-hybridized carbons (Fsp3) is 0.450. The second-order valence-electron chi connectivity index (χ2n) is 6.25. The molecule has 2 aromatic rings. The average Bonchev–Trinajstić information content (AvgIpc) is 2.53. The first-order valence-corrected chi connectivity index (χ1v) is 8.39. The van der Waals surface area contributed by atoms with Crippen LogP contribution in [0.25, 0.3) is 11.3 Å². The molecule has 0 saturated heterocycles. The maximum Gasteiger partial charge on any atom is 0.0705 e. The van der Waals surface area contributed by atoms with Crippen LogP contribution < -0.4 is 5.32 Å². The molecular formula is C20H28N2. The highest BCUT2D eigenvalue weighted by molar-refractivity contribution is 5.60. The lowest BCUT2D eigenvalue weighted by molar-refractivity contribution is 0.638. The van der Waals surface area contributed by atoms with E-state index < -0.39 is 0 Å². The standard InChI is InChI=1S/C20H28N2/c1-5-6-13-21-14-19-11-12-20(22-16(19)4)18-9-7-17(8-10-18)15(2)3/h7-12,15,21H,5-6,13-14H2,1-4H3. The van der Waals surface area contributed by atoms with Crippen LogP contribution in [0.2, 0.25) is 0 Å². The van der Waals surface area contributed by atoms with Gasteiger partial charge in [-0.1, -0.05) is 57.5 Å². The Morgan fingerprint density at radius 3 is 2.36 bits per heavy atom. The van der Waals surface area contributed by atoms with E-state index in [9.17, 15) is 0 Å². The molecule has 0 unspecified atom stereocenters. The van der Waals surface area contributed by atoms with Crippen molar-refractivity contribution in [1.82, 2.24) is 10.3 Å². The van der Waals surface area contributed by atoms with Crippen molar-refractivity contribution in [2.75, 3.05) is 6.54 Å². The highest BCUT2D eigenvalue weighted by Gasteiger charge is 2.05. The Morgan fingerprint density at radius 2 is 1.77 bits per heavy atom. The molecule has 118 valence electrons. The minimum absolute atomic E-state index is 0.570. The summed E-state index contributed by atoms with van der Waals surface area (Å²) in [6, 6.07) is 13.1. The number of hydrogen-bond donors (Lipinski definition) is 1. The molecule has 22 heavy (non-hydrogen) atoms. The predicted molar refractivity (Wildman–Crippen MR) is 95.1 cm³/mol. The Kier molecular flexibility index (Phi) is 6.14. The fourth-order valence-corrected chi connectivity index (χ4v) is 2.50. The molecule has 0 fully saturated rings. The largest absolute Gasteiger partial charge is 0.313 e. The number of unbranched alkanes of at least 4 members (excludes halogenated alkanes) is 1. The van der Waals surface area contributed by atoms with Crippen LogP contribution in [0.15, 0.2) is 36.4 Å². The quantitative estimate of drug-likeness (QED) is 0.721. The van der Waals surface area contributed by atoms with Crippen LogP contribution in [0.4, 0.5) is 0 Å². The van der Waals surface area contributed by atoms with Crippen molar-refractivity contribution < 1.29 is 0 Å². The zero-order valence-corrected chi connectivity index (χ0v) is 14.3. The third kappa shape index (κ3) is 4.41. The molecule has 0 aliphatic heterocycles. The van der Waals surface area contributed by atoms with Gasteiger partial charge in [0, 0.05) is 17.8 Å². The van der Waals surface area contributed by atoms with Gasteiger partial charge >= 0.3 is 0 Å². The molecule has 0 bridgehead atoms. The second kappa shape index (κ2) is 8.09. The summed E-state index contributed by atoms with van der Waals surface area (Å²) in [4.78, 5) is 4.78. The molecule has 0 aliphatic carbocycles. The summed E-state index contributed by atoms with van der Waals surface area (Å²) in [7, 11) is 0. The Balaban J connectivity index is 2.08. The van der Waals surface area contributed by atoms with E-state index in [1.807, 2.05) is 0 Å². The van der Waals surface area contributed by atoms with Crippen LogP contribution in [0.5, 0.6) is 0 Å². The summed E-state index contributed by atoms with van der Waals surface area (Å²) in [6.07, 6.45) is 2.46. The van der Waals surface area contributed by atoms with Gasteiger partial charge < -0.3 is 5.32 Å². The number of aromatic nitrogens is 1. The summed E-state index contributed by atoms with van der Waals surface area (Å²) >= 11 is 0. The molecule has 0 aliphatic rings. The first kappa shape index (κ1) is 16.7. The van der Waals surface area contributed by atoms with E-state index in [-0.39, 0.29) is 0 Å². The number of hydrogen-bond acceptors (Lipinski definition) is 2. The smallest absolute Gasteiger partial charge is 0.0705 e. The first-order chi connectivity index (χ1) is 10.6. The van der Waals surface area contributed by atoms with Gasteiger partial charge in [-0.05, 0) is 43.0 Å². The molecule has 2 heteroatoms. The van der Waals surface area contributed by atoms with E-state index in [0.29, 0.717) is 5.92 Å². The number of benzene rings is 1. The summed E-state index contributed by atoms with van der Waals surface area (Å²) in [5.41, 5.74) is 6.04. The molecule has 1 N–H and O–H groups in total. The van der Waals surface area contributed by atoms with Crippen LogP contribution in [0, 0.1) is 6.92 Å². The normalized spacial score (nSPS) is 11.1. The molecule has 2 nitrogen and oxygen atoms in total. The first-order valence-electron chi connectivity index (χ1n) is 8.39. The van der Waals surface area contributed by atoms with E-state index in [1.54, 1.807) is 0 Å². The monoisotopic (exact) mass is 296 g/mol. The molecule has 0 atom stereocenters. The van der Waals surface area contributed by atoms with E-state index in [4.69, 9.17) is 4.98 Å². The number of pyridine rings is 1. The van der Waals surface area contributed by atoms with E-state index in [1.165, 1.54) is 29.5 Å². The van der Waals surface area contributed by atoms with Crippen molar-refractivity contribution in [2.45, 2.75) is 53.0 Å². The molecule has 1 aromatic carbocycles. The van der Waals surface area contributed by atoms with E-state index in [2.05, 4.69) is 69.4 Å². The predicted octanol–water partition coefficient (Wildman–Crippen LogP) is 5.07. The molecule has 0 radical (unpaired) electrons. The molecule has 0 spiro atoms. The van der Waals surface area contributed by atoms with E-state index in [0.717, 1.165) is 24.5 Å². The van der Waals surface area contributed by atoms with Gasteiger partial charge in [-0.15, -0.1) is 0 Å². The number of aryl methyl sites for hydroxylation is 1. The molecule has 1 aromatic heterocycles. The van der Waals surface area contributed by atoms with Crippen LogP contribution >= 0.6 is 0 Å². The van der Waals surface area contributed by atoms with Crippen LogP contribution in [-0.2, 0) is 6.54 Å². The number of nitrogens with one attached hydrogen (secondary N) is 1. The molecule has 0 amide bonds. The third-order valence-corrected chi connectivity index (χ3v) is 4.09. The van der Waals surface area contributed by atoms with Crippen molar-refractivity contribution in [1.29, 1.82) is 0 Å². The lowest BCUT2D eigenvalue weighted by Crippen LogP contribution is -2.15. The van der Waals surface area contributed by atoms with Crippen LogP contribution in [0.1, 0.15) is 56.4 Å². The topological polar surface area (TPSA) is 24.9 Å². The van der Waals surface area contributed by atoms with Gasteiger partial charge in [0.05, 0.1) is 5.69 Å². The highest BCUT2D eigenvalue weighted by Crippen LogP contribution is 2.22. The SMILES string of the molecule is CCCCNCc1ccc(-c2ccc(C(C)C)cc2)nc1C. The Bertz CT molecular complexity index is 585. The molecule has 0 saturated carbocycles. The summed E-state index contributed by atoms with van der Waals surface area (Å²) in [6.45, 7) is 10.7. The summed E-state index contributed by atoms with van der Waals surface area (Å²) in [5, 5.41) is 3.48. The molecule has 2 rings (SSSR count). The maximum atomic E-state index is 4.78. The Hall–Kier alpha value is -1.67. The van der Waals surface area contributed by atoms with Gasteiger partial charge in [-0.25, -0.2) is 0 Å². The van der Waals surface area contributed by atoms with Gasteiger partial charge in [0.1, 0.15) is 0 Å². The number of rotatable bonds is 7. The zero-order valence-electron chi connectivity index (χ0n) is 14.3. The molecular weight excluding hydrogens is 268 g/mol. The fourth-order valence-electron chi connectivity index (χ4n) is 2.50. The zero-order chi connectivity index (χ0) is 15.9. The van der Waals surface area contributed by atoms with E-state index >= 15 is 0 Å². The Morgan fingerprint density at radius 1 is 1.05 bits per heavy atom. The lowest BCUT2D eigenvalue weighted by atomic mass is 10.0. The third-order valence-electron chi connectivity index (χ3n) is 4.09. The summed E-state index contributed by atoms with van der Waals surface area (Å²) < 4.78 is 0. The van der Waals surface area contributed by atoms with Gasteiger partial charge in [-0.3, -0.25) is 4.98 Å². The van der Waals surface area contributed by atoms with Crippen molar-refractivity contribution >= 4 is 0 Å². The van der Waals surface area contributed by atoms with Crippen LogP contribution in [0.3, 0.4) is 0 Å². The summed E-state index contributed by atoms with van der Waals surface area (Å²) in [5.74, 6) is 0.570. The number of nitrogens with zero attached hydrogens (tertiary/aromatic N) is 1. The maximum absolute atomic E-state index is 4.78. The van der Waals surface area contributed by atoms with Crippen molar-refractivity contribution in [3.05, 3.63) is 53.2 Å². The minimum Gasteiger partial charge on any atom is -0.313 e. The highest BCUT2D eigenvalue weighted by atomic mass is 14.9. The van der Waals surface area contributed by atoms with Crippen molar-refractivity contribution in [3.8, 4) is 11.3 Å².